The third kappa shape index (κ3) is 7.13. The molecule has 0 aliphatic heterocycles. The van der Waals surface area contributed by atoms with E-state index in [0.29, 0.717) is 12.2 Å². The monoisotopic (exact) mass is 205 g/mol. The van der Waals surface area contributed by atoms with Crippen molar-refractivity contribution in [2.75, 3.05) is 12.3 Å². The van der Waals surface area contributed by atoms with Gasteiger partial charge in [-0.25, -0.2) is 0 Å². The number of thiol groups is 1. The van der Waals surface area contributed by atoms with Crippen molar-refractivity contribution in [2.45, 2.75) is 6.42 Å². The standard InChI is InChI=1S/C6H11N3O3S/c10-4-8-9-6(12)3-7-5(11)1-2-13/h4,13H,1-3H2,(H,7,11)(H,8,10)(H,9,12). The summed E-state index contributed by atoms with van der Waals surface area (Å²) in [4.78, 5) is 31.3. The molecular formula is C6H11N3O3S. The van der Waals surface area contributed by atoms with E-state index in [9.17, 15) is 14.4 Å². The topological polar surface area (TPSA) is 87.3 Å². The first-order valence-corrected chi connectivity index (χ1v) is 4.19. The molecule has 0 aliphatic rings. The van der Waals surface area contributed by atoms with E-state index in [1.165, 1.54) is 0 Å². The molecule has 0 bridgehead atoms. The number of amides is 3. The smallest absolute Gasteiger partial charge is 0.257 e. The first-order chi connectivity index (χ1) is 6.20. The Bertz CT molecular complexity index is 198. The molecule has 0 unspecified atom stereocenters. The van der Waals surface area contributed by atoms with Gasteiger partial charge >= 0.3 is 0 Å². The van der Waals surface area contributed by atoms with Crippen molar-refractivity contribution in [1.29, 1.82) is 0 Å². The van der Waals surface area contributed by atoms with Gasteiger partial charge in [-0.1, -0.05) is 0 Å². The van der Waals surface area contributed by atoms with Crippen LogP contribution in [-0.4, -0.2) is 30.5 Å². The predicted molar refractivity (Wildman–Crippen MR) is 48.8 cm³/mol. The normalized spacial score (nSPS) is 8.69. The number of rotatable bonds is 6. The highest BCUT2D eigenvalue weighted by molar-refractivity contribution is 7.80. The molecule has 6 nitrogen and oxygen atoms in total. The molecule has 3 amide bonds. The molecule has 0 saturated heterocycles. The Morgan fingerprint density at radius 3 is 2.54 bits per heavy atom. The minimum Gasteiger partial charge on any atom is -0.347 e. The highest BCUT2D eigenvalue weighted by Crippen LogP contribution is 1.81. The molecule has 3 N–H and O–H groups in total. The lowest BCUT2D eigenvalue weighted by atomic mass is 10.4. The van der Waals surface area contributed by atoms with Gasteiger partial charge in [-0.05, 0) is 5.75 Å². The van der Waals surface area contributed by atoms with Crippen LogP contribution in [0.25, 0.3) is 0 Å². The fourth-order valence-electron chi connectivity index (χ4n) is 0.523. The van der Waals surface area contributed by atoms with Crippen molar-refractivity contribution in [3.05, 3.63) is 0 Å². The summed E-state index contributed by atoms with van der Waals surface area (Å²) in [6, 6.07) is 0. The average Bonchev–Trinajstić information content (AvgIpc) is 2.12. The summed E-state index contributed by atoms with van der Waals surface area (Å²) >= 11 is 3.84. The van der Waals surface area contributed by atoms with Crippen molar-refractivity contribution < 1.29 is 14.4 Å². The molecule has 0 fully saturated rings. The highest BCUT2D eigenvalue weighted by Gasteiger charge is 2.02. The molecule has 74 valence electrons. The fourth-order valence-corrected chi connectivity index (χ4v) is 0.726. The highest BCUT2D eigenvalue weighted by atomic mass is 32.1. The summed E-state index contributed by atoms with van der Waals surface area (Å²) in [5.41, 5.74) is 4.00. The fraction of sp³-hybridized carbons (Fsp3) is 0.500. The van der Waals surface area contributed by atoms with Gasteiger partial charge in [0, 0.05) is 6.42 Å². The quantitative estimate of drug-likeness (QED) is 0.234. The van der Waals surface area contributed by atoms with Gasteiger partial charge in [0.25, 0.3) is 5.91 Å². The van der Waals surface area contributed by atoms with Gasteiger partial charge in [0.05, 0.1) is 6.54 Å². The maximum Gasteiger partial charge on any atom is 0.257 e. The summed E-state index contributed by atoms with van der Waals surface area (Å²) < 4.78 is 0. The van der Waals surface area contributed by atoms with Gasteiger partial charge in [-0.15, -0.1) is 0 Å². The van der Waals surface area contributed by atoms with Gasteiger partial charge in [0.2, 0.25) is 12.3 Å². The van der Waals surface area contributed by atoms with Crippen LogP contribution in [0.5, 0.6) is 0 Å². The predicted octanol–water partition coefficient (Wildman–Crippen LogP) is -1.80. The molecule has 0 spiro atoms. The maximum atomic E-state index is 10.8. The second kappa shape index (κ2) is 7.41. The Morgan fingerprint density at radius 2 is 2.00 bits per heavy atom. The third-order valence-corrected chi connectivity index (χ3v) is 1.28. The van der Waals surface area contributed by atoms with Crippen molar-refractivity contribution in [3.8, 4) is 0 Å². The van der Waals surface area contributed by atoms with E-state index in [2.05, 4.69) is 17.9 Å². The minimum absolute atomic E-state index is 0.159. The van der Waals surface area contributed by atoms with E-state index in [1.807, 2.05) is 10.9 Å². The molecule has 0 aliphatic carbocycles. The van der Waals surface area contributed by atoms with Crippen LogP contribution < -0.4 is 16.2 Å². The molecule has 0 aromatic carbocycles. The van der Waals surface area contributed by atoms with Crippen LogP contribution in [0.4, 0.5) is 0 Å². The Kier molecular flexibility index (Phi) is 6.70. The van der Waals surface area contributed by atoms with Crippen LogP contribution in [0.1, 0.15) is 6.42 Å². The van der Waals surface area contributed by atoms with Crippen LogP contribution in [0.15, 0.2) is 0 Å². The van der Waals surface area contributed by atoms with Crippen LogP contribution in [0, 0.1) is 0 Å². The van der Waals surface area contributed by atoms with Gasteiger partial charge in [0.15, 0.2) is 0 Å². The summed E-state index contributed by atoms with van der Waals surface area (Å²) in [5.74, 6) is -0.309. The number of carbonyl (C=O) groups excluding carboxylic acids is 3. The number of nitrogens with one attached hydrogen (secondary N) is 3. The number of hydrogen-bond acceptors (Lipinski definition) is 4. The molecule has 0 aromatic heterocycles. The second-order valence-electron chi connectivity index (χ2n) is 2.06. The molecule has 0 atom stereocenters. The lowest BCUT2D eigenvalue weighted by Gasteiger charge is -2.03. The third-order valence-electron chi connectivity index (χ3n) is 1.06. The Balaban J connectivity index is 3.45. The Hall–Kier alpha value is -1.24. The summed E-state index contributed by atoms with van der Waals surface area (Å²) in [6.07, 6.45) is 0.588. The lowest BCUT2D eigenvalue weighted by molar-refractivity contribution is -0.127. The molecule has 7 heteroatoms. The number of hydrazine groups is 1. The molecule has 0 radical (unpaired) electrons. The lowest BCUT2D eigenvalue weighted by Crippen LogP contribution is -2.43. The largest absolute Gasteiger partial charge is 0.347 e. The van der Waals surface area contributed by atoms with E-state index in [4.69, 9.17) is 0 Å². The molecule has 0 rings (SSSR count). The van der Waals surface area contributed by atoms with Gasteiger partial charge in [0.1, 0.15) is 0 Å². The Labute approximate surface area is 80.8 Å². The van der Waals surface area contributed by atoms with Gasteiger partial charge in [-0.3, -0.25) is 25.2 Å². The molecule has 0 saturated carbocycles. The van der Waals surface area contributed by atoms with E-state index in [1.54, 1.807) is 0 Å². The van der Waals surface area contributed by atoms with Crippen LogP contribution in [0.3, 0.4) is 0 Å². The van der Waals surface area contributed by atoms with Crippen molar-refractivity contribution in [1.82, 2.24) is 16.2 Å². The zero-order valence-corrected chi connectivity index (χ0v) is 7.77. The SMILES string of the molecule is O=CNNC(=O)CNC(=O)CCS. The molecule has 0 heterocycles. The van der Waals surface area contributed by atoms with Crippen LogP contribution in [0.2, 0.25) is 0 Å². The van der Waals surface area contributed by atoms with Gasteiger partial charge < -0.3 is 5.32 Å². The zero-order valence-electron chi connectivity index (χ0n) is 6.87. The van der Waals surface area contributed by atoms with Crippen LogP contribution >= 0.6 is 12.6 Å². The van der Waals surface area contributed by atoms with E-state index in [0.717, 1.165) is 0 Å². The van der Waals surface area contributed by atoms with Crippen molar-refractivity contribution in [3.63, 3.8) is 0 Å². The average molecular weight is 205 g/mol. The van der Waals surface area contributed by atoms with E-state index < -0.39 is 5.91 Å². The minimum atomic E-state index is -0.486. The Morgan fingerprint density at radius 1 is 1.31 bits per heavy atom. The van der Waals surface area contributed by atoms with Crippen molar-refractivity contribution >= 4 is 30.9 Å². The molecular weight excluding hydrogens is 194 g/mol. The number of carbonyl (C=O) groups is 3. The summed E-state index contributed by atoms with van der Waals surface area (Å²) in [7, 11) is 0. The summed E-state index contributed by atoms with van der Waals surface area (Å²) in [6.45, 7) is -0.159. The second-order valence-corrected chi connectivity index (χ2v) is 2.51. The number of hydrogen-bond donors (Lipinski definition) is 4. The van der Waals surface area contributed by atoms with Gasteiger partial charge in [-0.2, -0.15) is 12.6 Å². The van der Waals surface area contributed by atoms with Crippen LogP contribution in [-0.2, 0) is 14.4 Å². The summed E-state index contributed by atoms with van der Waals surface area (Å²) in [5, 5.41) is 2.34. The van der Waals surface area contributed by atoms with Crippen molar-refractivity contribution in [2.24, 2.45) is 0 Å². The van der Waals surface area contributed by atoms with E-state index in [-0.39, 0.29) is 18.9 Å². The first-order valence-electron chi connectivity index (χ1n) is 3.56. The first kappa shape index (κ1) is 11.8. The van der Waals surface area contributed by atoms with E-state index >= 15 is 0 Å². The molecule has 13 heavy (non-hydrogen) atoms. The molecule has 0 aromatic rings. The zero-order chi connectivity index (χ0) is 10.1. The maximum absolute atomic E-state index is 10.8.